The Balaban J connectivity index is 3.27. The maximum atomic E-state index is 9.05. The SMILES string of the molecule is CCC/C(C#N)=C(/N)c1cc(Br)ccc1I. The molecule has 1 aromatic carbocycles. The fraction of sp³-hybridized carbons (Fsp3) is 0.250. The number of nitriles is 1. The van der Waals surface area contributed by atoms with Gasteiger partial charge in [0.1, 0.15) is 0 Å². The lowest BCUT2D eigenvalue weighted by Crippen LogP contribution is -2.03. The zero-order chi connectivity index (χ0) is 12.1. The van der Waals surface area contributed by atoms with Crippen molar-refractivity contribution in [2.45, 2.75) is 19.8 Å². The van der Waals surface area contributed by atoms with Gasteiger partial charge >= 0.3 is 0 Å². The van der Waals surface area contributed by atoms with Crippen LogP contribution < -0.4 is 5.73 Å². The fourth-order valence-corrected chi connectivity index (χ4v) is 2.35. The van der Waals surface area contributed by atoms with Gasteiger partial charge in [0.2, 0.25) is 0 Å². The molecule has 0 amide bonds. The Morgan fingerprint density at radius 3 is 2.81 bits per heavy atom. The molecule has 4 heteroatoms. The van der Waals surface area contributed by atoms with Gasteiger partial charge in [-0.05, 0) is 47.2 Å². The molecule has 2 nitrogen and oxygen atoms in total. The lowest BCUT2D eigenvalue weighted by Gasteiger charge is -2.08. The molecule has 0 aliphatic carbocycles. The summed E-state index contributed by atoms with van der Waals surface area (Å²) in [5.41, 5.74) is 8.23. The second-order valence-corrected chi connectivity index (χ2v) is 5.46. The first-order valence-electron chi connectivity index (χ1n) is 4.94. The Labute approximate surface area is 118 Å². The average molecular weight is 391 g/mol. The first kappa shape index (κ1) is 13.5. The number of nitrogens with two attached hydrogens (primary N) is 1. The van der Waals surface area contributed by atoms with Crippen LogP contribution in [0.2, 0.25) is 0 Å². The molecule has 0 aliphatic rings. The van der Waals surface area contributed by atoms with E-state index in [9.17, 15) is 0 Å². The second kappa shape index (κ2) is 6.26. The van der Waals surface area contributed by atoms with Crippen molar-refractivity contribution in [3.63, 3.8) is 0 Å². The Bertz CT molecular complexity index is 461. The lowest BCUT2D eigenvalue weighted by atomic mass is 10.0. The van der Waals surface area contributed by atoms with Gasteiger partial charge in [-0.25, -0.2) is 0 Å². The summed E-state index contributed by atoms with van der Waals surface area (Å²) in [5, 5.41) is 9.05. The maximum absolute atomic E-state index is 9.05. The van der Waals surface area contributed by atoms with Gasteiger partial charge in [0, 0.05) is 13.6 Å². The third-order valence-electron chi connectivity index (χ3n) is 2.18. The molecule has 84 valence electrons. The van der Waals surface area contributed by atoms with Crippen LogP contribution >= 0.6 is 38.5 Å². The van der Waals surface area contributed by atoms with E-state index in [-0.39, 0.29) is 0 Å². The molecule has 0 radical (unpaired) electrons. The van der Waals surface area contributed by atoms with Gasteiger partial charge in [0.25, 0.3) is 0 Å². The Kier molecular flexibility index (Phi) is 5.29. The molecule has 0 aliphatic heterocycles. The Morgan fingerprint density at radius 1 is 1.56 bits per heavy atom. The molecular weight excluding hydrogens is 379 g/mol. The standard InChI is InChI=1S/C12H12BrIN2/c1-2-3-8(7-15)12(16)10-6-9(13)4-5-11(10)14/h4-6H,2-3,16H2,1H3/b12-8-. The van der Waals surface area contributed by atoms with E-state index in [0.29, 0.717) is 11.3 Å². The summed E-state index contributed by atoms with van der Waals surface area (Å²) >= 11 is 5.64. The summed E-state index contributed by atoms with van der Waals surface area (Å²) in [4.78, 5) is 0. The fourth-order valence-electron chi connectivity index (χ4n) is 1.37. The van der Waals surface area contributed by atoms with E-state index in [1.165, 1.54) is 0 Å². The van der Waals surface area contributed by atoms with Crippen molar-refractivity contribution in [3.8, 4) is 6.07 Å². The molecule has 0 bridgehead atoms. The van der Waals surface area contributed by atoms with Gasteiger partial charge in [-0.2, -0.15) is 5.26 Å². The Hall–Kier alpha value is -0.540. The third kappa shape index (κ3) is 3.22. The molecule has 0 saturated carbocycles. The van der Waals surface area contributed by atoms with E-state index in [0.717, 1.165) is 26.4 Å². The lowest BCUT2D eigenvalue weighted by molar-refractivity contribution is 0.928. The minimum Gasteiger partial charge on any atom is -0.397 e. The van der Waals surface area contributed by atoms with Gasteiger partial charge in [0.15, 0.2) is 0 Å². The first-order valence-corrected chi connectivity index (χ1v) is 6.81. The summed E-state index contributed by atoms with van der Waals surface area (Å²) in [5.74, 6) is 0. The molecule has 0 spiro atoms. The predicted molar refractivity (Wildman–Crippen MR) is 78.5 cm³/mol. The van der Waals surface area contributed by atoms with Crippen molar-refractivity contribution >= 4 is 44.2 Å². The minimum absolute atomic E-state index is 0.593. The highest BCUT2D eigenvalue weighted by Gasteiger charge is 2.08. The Morgan fingerprint density at radius 2 is 2.25 bits per heavy atom. The zero-order valence-corrected chi connectivity index (χ0v) is 12.7. The summed E-state index contributed by atoms with van der Waals surface area (Å²) in [6, 6.07) is 8.08. The monoisotopic (exact) mass is 390 g/mol. The van der Waals surface area contributed by atoms with E-state index >= 15 is 0 Å². The second-order valence-electron chi connectivity index (χ2n) is 3.38. The molecular formula is C12H12BrIN2. The molecule has 0 unspecified atom stereocenters. The van der Waals surface area contributed by atoms with Crippen LogP contribution in [0, 0.1) is 14.9 Å². The topological polar surface area (TPSA) is 49.8 Å². The molecule has 0 fully saturated rings. The van der Waals surface area contributed by atoms with E-state index in [1.54, 1.807) is 0 Å². The van der Waals surface area contributed by atoms with Crippen molar-refractivity contribution in [2.24, 2.45) is 5.73 Å². The van der Waals surface area contributed by atoms with Crippen LogP contribution in [-0.2, 0) is 0 Å². The molecule has 0 atom stereocenters. The van der Waals surface area contributed by atoms with E-state index in [4.69, 9.17) is 11.0 Å². The van der Waals surface area contributed by atoms with Gasteiger partial charge < -0.3 is 5.73 Å². The molecule has 1 rings (SSSR count). The number of hydrogen-bond donors (Lipinski definition) is 1. The van der Waals surface area contributed by atoms with Gasteiger partial charge in [0.05, 0.1) is 17.3 Å². The quantitative estimate of drug-likeness (QED) is 0.625. The summed E-state index contributed by atoms with van der Waals surface area (Å²) in [7, 11) is 0. The maximum Gasteiger partial charge on any atom is 0.0968 e. The van der Waals surface area contributed by atoms with Crippen LogP contribution in [0.3, 0.4) is 0 Å². The number of halogens is 2. The van der Waals surface area contributed by atoms with Crippen molar-refractivity contribution in [3.05, 3.63) is 37.4 Å². The van der Waals surface area contributed by atoms with Crippen molar-refractivity contribution < 1.29 is 0 Å². The molecule has 0 saturated heterocycles. The van der Waals surface area contributed by atoms with Crippen molar-refractivity contribution in [1.29, 1.82) is 5.26 Å². The number of allylic oxidation sites excluding steroid dienone is 1. The minimum atomic E-state index is 0.593. The van der Waals surface area contributed by atoms with Crippen LogP contribution in [0.5, 0.6) is 0 Å². The highest BCUT2D eigenvalue weighted by Crippen LogP contribution is 2.25. The molecule has 0 heterocycles. The highest BCUT2D eigenvalue weighted by atomic mass is 127. The summed E-state index contributed by atoms with van der Waals surface area (Å²) in [6.45, 7) is 2.04. The largest absolute Gasteiger partial charge is 0.397 e. The van der Waals surface area contributed by atoms with Crippen LogP contribution in [-0.4, -0.2) is 0 Å². The third-order valence-corrected chi connectivity index (χ3v) is 3.61. The average Bonchev–Trinajstić information content (AvgIpc) is 2.28. The first-order chi connectivity index (χ1) is 7.60. The van der Waals surface area contributed by atoms with Crippen LogP contribution in [0.15, 0.2) is 28.2 Å². The zero-order valence-electron chi connectivity index (χ0n) is 8.93. The molecule has 0 aromatic heterocycles. The number of nitrogens with zero attached hydrogens (tertiary/aromatic N) is 1. The molecule has 1 aromatic rings. The van der Waals surface area contributed by atoms with Crippen LogP contribution in [0.25, 0.3) is 5.70 Å². The molecule has 2 N–H and O–H groups in total. The number of rotatable bonds is 3. The molecule has 16 heavy (non-hydrogen) atoms. The van der Waals surface area contributed by atoms with Crippen LogP contribution in [0.4, 0.5) is 0 Å². The van der Waals surface area contributed by atoms with E-state index < -0.39 is 0 Å². The highest BCUT2D eigenvalue weighted by molar-refractivity contribution is 14.1. The predicted octanol–water partition coefficient (Wildman–Crippen LogP) is 4.05. The van der Waals surface area contributed by atoms with Gasteiger partial charge in [-0.1, -0.05) is 29.3 Å². The normalized spacial score (nSPS) is 11.9. The van der Waals surface area contributed by atoms with Gasteiger partial charge in [-0.15, -0.1) is 0 Å². The van der Waals surface area contributed by atoms with Crippen molar-refractivity contribution in [2.75, 3.05) is 0 Å². The van der Waals surface area contributed by atoms with Crippen LogP contribution in [0.1, 0.15) is 25.3 Å². The summed E-state index contributed by atoms with van der Waals surface area (Å²) < 4.78 is 2.03. The van der Waals surface area contributed by atoms with E-state index in [2.05, 4.69) is 44.6 Å². The number of hydrogen-bond acceptors (Lipinski definition) is 2. The smallest absolute Gasteiger partial charge is 0.0968 e. The summed E-state index contributed by atoms with van der Waals surface area (Å²) in [6.07, 6.45) is 1.65. The number of benzene rings is 1. The van der Waals surface area contributed by atoms with Gasteiger partial charge in [-0.3, -0.25) is 0 Å². The van der Waals surface area contributed by atoms with E-state index in [1.807, 2.05) is 25.1 Å². The van der Waals surface area contributed by atoms with Crippen molar-refractivity contribution in [1.82, 2.24) is 0 Å².